The number of benzene rings is 3. The summed E-state index contributed by atoms with van der Waals surface area (Å²) in [6, 6.07) is 21.4. The lowest BCUT2D eigenvalue weighted by Gasteiger charge is -2.25. The first kappa shape index (κ1) is 30.3. The van der Waals surface area contributed by atoms with E-state index in [4.69, 9.17) is 18.9 Å². The van der Waals surface area contributed by atoms with Crippen molar-refractivity contribution in [3.8, 4) is 23.3 Å². The van der Waals surface area contributed by atoms with Gasteiger partial charge in [-0.25, -0.2) is 9.79 Å². The van der Waals surface area contributed by atoms with Crippen LogP contribution in [0.3, 0.4) is 0 Å². The van der Waals surface area contributed by atoms with E-state index in [2.05, 4.69) is 11.1 Å². The topological polar surface area (TPSA) is 112 Å². The monoisotopic (exact) mass is 609 g/mol. The molecule has 1 aliphatic rings. The third-order valence-electron chi connectivity index (χ3n) is 7.01. The molecule has 0 aliphatic carbocycles. The van der Waals surface area contributed by atoms with E-state index in [1.54, 1.807) is 45.2 Å². The molecule has 0 spiro atoms. The summed E-state index contributed by atoms with van der Waals surface area (Å²) in [5, 5.41) is 9.40. The lowest BCUT2D eigenvalue weighted by atomic mass is 9.95. The number of rotatable bonds is 10. The maximum absolute atomic E-state index is 14.0. The highest BCUT2D eigenvalue weighted by Gasteiger charge is 2.33. The van der Waals surface area contributed by atoms with E-state index in [0.29, 0.717) is 55.6 Å². The smallest absolute Gasteiger partial charge is 0.338 e. The van der Waals surface area contributed by atoms with Gasteiger partial charge >= 0.3 is 5.97 Å². The average Bonchev–Trinajstić information content (AvgIpc) is 3.33. The van der Waals surface area contributed by atoms with E-state index in [0.717, 1.165) is 11.1 Å². The third-order valence-corrected chi connectivity index (χ3v) is 8.00. The van der Waals surface area contributed by atoms with Crippen LogP contribution in [0.15, 0.2) is 87.8 Å². The SMILES string of the molecule is CCOC(=O)C1=C(C)N=c2s/c(=C/c3ccc(OCc4ccccc4C#N)c(OCC)c3)c(=O)n2[C@@H]1c1cccc(OC)c1. The van der Waals surface area contributed by atoms with E-state index >= 15 is 0 Å². The van der Waals surface area contributed by atoms with Crippen molar-refractivity contribution in [1.29, 1.82) is 5.26 Å². The molecule has 224 valence electrons. The molecule has 5 rings (SSSR count). The summed E-state index contributed by atoms with van der Waals surface area (Å²) >= 11 is 1.24. The van der Waals surface area contributed by atoms with Crippen LogP contribution in [0.25, 0.3) is 6.08 Å². The van der Waals surface area contributed by atoms with Gasteiger partial charge in [-0.3, -0.25) is 9.36 Å². The molecular weight excluding hydrogens is 578 g/mol. The molecule has 0 saturated heterocycles. The zero-order valence-electron chi connectivity index (χ0n) is 24.8. The van der Waals surface area contributed by atoms with Gasteiger partial charge in [0.2, 0.25) is 0 Å². The Hall–Kier alpha value is -5.14. The number of aromatic nitrogens is 1. The highest BCUT2D eigenvalue weighted by molar-refractivity contribution is 7.07. The first-order chi connectivity index (χ1) is 21.4. The van der Waals surface area contributed by atoms with Gasteiger partial charge in [-0.05, 0) is 68.3 Å². The van der Waals surface area contributed by atoms with Gasteiger partial charge in [-0.2, -0.15) is 5.26 Å². The summed E-state index contributed by atoms with van der Waals surface area (Å²) in [5.41, 5.74) is 3.24. The Morgan fingerprint density at radius 1 is 1.05 bits per heavy atom. The highest BCUT2D eigenvalue weighted by Crippen LogP contribution is 2.33. The predicted molar refractivity (Wildman–Crippen MR) is 166 cm³/mol. The second-order valence-electron chi connectivity index (χ2n) is 9.78. The van der Waals surface area contributed by atoms with Crippen LogP contribution in [0.2, 0.25) is 0 Å². The van der Waals surface area contributed by atoms with Gasteiger partial charge in [-0.1, -0.05) is 47.7 Å². The van der Waals surface area contributed by atoms with Crippen LogP contribution in [-0.4, -0.2) is 30.9 Å². The number of allylic oxidation sites excluding steroid dienone is 1. The molecule has 44 heavy (non-hydrogen) atoms. The molecule has 1 atom stereocenters. The zero-order valence-corrected chi connectivity index (χ0v) is 25.6. The van der Waals surface area contributed by atoms with Crippen molar-refractivity contribution in [2.45, 2.75) is 33.4 Å². The van der Waals surface area contributed by atoms with Gasteiger partial charge in [0, 0.05) is 5.56 Å². The lowest BCUT2D eigenvalue weighted by molar-refractivity contribution is -0.139. The summed E-state index contributed by atoms with van der Waals surface area (Å²) in [6.45, 7) is 6.17. The van der Waals surface area contributed by atoms with Gasteiger partial charge in [0.05, 0.1) is 53.8 Å². The number of carbonyl (C=O) groups excluding carboxylic acids is 1. The highest BCUT2D eigenvalue weighted by atomic mass is 32.1. The Morgan fingerprint density at radius 2 is 1.86 bits per heavy atom. The maximum Gasteiger partial charge on any atom is 0.338 e. The van der Waals surface area contributed by atoms with Crippen molar-refractivity contribution < 1.29 is 23.7 Å². The minimum Gasteiger partial charge on any atom is -0.497 e. The van der Waals surface area contributed by atoms with E-state index in [1.165, 1.54) is 15.9 Å². The predicted octanol–water partition coefficient (Wildman–Crippen LogP) is 4.66. The Bertz CT molecular complexity index is 1970. The summed E-state index contributed by atoms with van der Waals surface area (Å²) in [6.07, 6.45) is 1.77. The second-order valence-corrected chi connectivity index (χ2v) is 10.8. The molecule has 0 amide bonds. The van der Waals surface area contributed by atoms with Crippen molar-refractivity contribution in [2.24, 2.45) is 4.99 Å². The number of hydrogen-bond donors (Lipinski definition) is 0. The summed E-state index contributed by atoms with van der Waals surface area (Å²) in [5.74, 6) is 1.11. The molecule has 2 heterocycles. The first-order valence-electron chi connectivity index (χ1n) is 14.1. The van der Waals surface area contributed by atoms with E-state index < -0.39 is 12.0 Å². The summed E-state index contributed by atoms with van der Waals surface area (Å²) < 4.78 is 24.7. The first-order valence-corrected chi connectivity index (χ1v) is 14.9. The van der Waals surface area contributed by atoms with Crippen LogP contribution in [0, 0.1) is 11.3 Å². The fourth-order valence-electron chi connectivity index (χ4n) is 4.98. The summed E-state index contributed by atoms with van der Waals surface area (Å²) in [4.78, 5) is 32.2. The van der Waals surface area contributed by atoms with Crippen molar-refractivity contribution in [1.82, 2.24) is 4.57 Å². The minimum atomic E-state index is -0.742. The number of carbonyl (C=O) groups is 1. The lowest BCUT2D eigenvalue weighted by Crippen LogP contribution is -2.39. The number of esters is 1. The Labute approximate surface area is 258 Å². The van der Waals surface area contributed by atoms with Crippen molar-refractivity contribution in [2.75, 3.05) is 20.3 Å². The van der Waals surface area contributed by atoms with Crippen LogP contribution >= 0.6 is 11.3 Å². The average molecular weight is 610 g/mol. The molecular formula is C34H31N3O6S. The molecule has 10 heteroatoms. The quantitative estimate of drug-likeness (QED) is 0.241. The fraction of sp³-hybridized carbons (Fsp3) is 0.235. The molecule has 4 aromatic rings. The number of hydrogen-bond acceptors (Lipinski definition) is 9. The number of ether oxygens (including phenoxy) is 4. The maximum atomic E-state index is 14.0. The van der Waals surface area contributed by atoms with Crippen LogP contribution in [0.4, 0.5) is 0 Å². The molecule has 0 radical (unpaired) electrons. The molecule has 1 aromatic heterocycles. The van der Waals surface area contributed by atoms with Gasteiger partial charge in [0.15, 0.2) is 16.3 Å². The largest absolute Gasteiger partial charge is 0.497 e. The van der Waals surface area contributed by atoms with Crippen molar-refractivity contribution in [3.05, 3.63) is 120 Å². The van der Waals surface area contributed by atoms with E-state index in [9.17, 15) is 14.9 Å². The Morgan fingerprint density at radius 3 is 2.61 bits per heavy atom. The number of methoxy groups -OCH3 is 1. The van der Waals surface area contributed by atoms with Crippen molar-refractivity contribution in [3.63, 3.8) is 0 Å². The van der Waals surface area contributed by atoms with Crippen molar-refractivity contribution >= 4 is 23.4 Å². The Kier molecular flexibility index (Phi) is 9.26. The molecule has 0 saturated carbocycles. The van der Waals surface area contributed by atoms with Crippen LogP contribution in [0.1, 0.15) is 49.1 Å². The molecule has 0 fully saturated rings. The molecule has 3 aromatic carbocycles. The molecule has 0 bridgehead atoms. The van der Waals surface area contributed by atoms with Crippen LogP contribution in [0.5, 0.6) is 17.2 Å². The van der Waals surface area contributed by atoms with E-state index in [1.807, 2.05) is 55.5 Å². The molecule has 0 N–H and O–H groups in total. The van der Waals surface area contributed by atoms with Gasteiger partial charge in [-0.15, -0.1) is 0 Å². The van der Waals surface area contributed by atoms with Crippen LogP contribution in [-0.2, 0) is 16.1 Å². The number of fused-ring (bicyclic) bond motifs is 1. The molecule has 9 nitrogen and oxygen atoms in total. The standard InChI is InChI=1S/C34H31N3O6S/c1-5-41-28-16-22(14-15-27(28)43-20-25-11-8-7-10-24(25)19-35)17-29-32(38)37-31(23-12-9-13-26(18-23)40-4)30(33(39)42-6-2)21(3)36-34(37)44-29/h7-18,31H,5-6,20H2,1-4H3/b29-17+/t31-/m1/s1. The van der Waals surface area contributed by atoms with Gasteiger partial charge < -0.3 is 18.9 Å². The third kappa shape index (κ3) is 6.14. The number of thiazole rings is 1. The van der Waals surface area contributed by atoms with Crippen LogP contribution < -0.4 is 29.1 Å². The normalized spacial score (nSPS) is 14.3. The number of nitriles is 1. The molecule has 1 aliphatic heterocycles. The minimum absolute atomic E-state index is 0.192. The number of nitrogens with zero attached hydrogens (tertiary/aromatic N) is 3. The second kappa shape index (κ2) is 13.4. The molecule has 0 unspecified atom stereocenters. The Balaban J connectivity index is 1.56. The fourth-order valence-corrected chi connectivity index (χ4v) is 6.03. The van der Waals surface area contributed by atoms with E-state index in [-0.39, 0.29) is 18.8 Å². The zero-order chi connectivity index (χ0) is 31.2. The summed E-state index contributed by atoms with van der Waals surface area (Å²) in [7, 11) is 1.57. The van der Waals surface area contributed by atoms with Gasteiger partial charge in [0.25, 0.3) is 5.56 Å². The van der Waals surface area contributed by atoms with Gasteiger partial charge in [0.1, 0.15) is 12.4 Å².